The summed E-state index contributed by atoms with van der Waals surface area (Å²) in [6.07, 6.45) is 3.95. The van der Waals surface area contributed by atoms with E-state index in [1.54, 1.807) is 0 Å². The SMILES string of the molecule is CCCCn1cnc2c(c(-c3ccccc3)c(-c3ccccc3)n2Cc2ccccc2)c1=N. The minimum atomic E-state index is 0.524. The molecule has 0 unspecified atom stereocenters. The van der Waals surface area contributed by atoms with E-state index in [2.05, 4.69) is 84.3 Å². The van der Waals surface area contributed by atoms with Gasteiger partial charge in [-0.25, -0.2) is 4.98 Å². The van der Waals surface area contributed by atoms with Gasteiger partial charge in [0.15, 0.2) is 0 Å². The second-order valence-electron chi connectivity index (χ2n) is 8.37. The molecule has 0 atom stereocenters. The highest BCUT2D eigenvalue weighted by Crippen LogP contribution is 2.39. The summed E-state index contributed by atoms with van der Waals surface area (Å²) in [7, 11) is 0. The molecule has 5 aromatic rings. The molecule has 4 heteroatoms. The second kappa shape index (κ2) is 9.29. The van der Waals surface area contributed by atoms with Crippen LogP contribution in [0.4, 0.5) is 0 Å². The predicted molar refractivity (Wildman–Crippen MR) is 135 cm³/mol. The van der Waals surface area contributed by atoms with Gasteiger partial charge in [-0.3, -0.25) is 5.41 Å². The number of rotatable bonds is 7. The Hall–Kier alpha value is -3.92. The van der Waals surface area contributed by atoms with E-state index in [-0.39, 0.29) is 0 Å². The van der Waals surface area contributed by atoms with Gasteiger partial charge in [0.05, 0.1) is 17.4 Å². The van der Waals surface area contributed by atoms with Crippen LogP contribution in [0.15, 0.2) is 97.3 Å². The molecule has 0 bridgehead atoms. The summed E-state index contributed by atoms with van der Waals surface area (Å²) >= 11 is 0. The van der Waals surface area contributed by atoms with Crippen LogP contribution >= 0.6 is 0 Å². The molecule has 0 spiro atoms. The fourth-order valence-electron chi connectivity index (χ4n) is 4.49. The molecule has 0 saturated heterocycles. The topological polar surface area (TPSA) is 46.6 Å². The zero-order valence-corrected chi connectivity index (χ0v) is 18.9. The van der Waals surface area contributed by atoms with Gasteiger partial charge in [0, 0.05) is 18.7 Å². The van der Waals surface area contributed by atoms with Crippen LogP contribution in [0.3, 0.4) is 0 Å². The highest BCUT2D eigenvalue weighted by molar-refractivity contribution is 6.02. The molecule has 2 aromatic heterocycles. The first-order valence-corrected chi connectivity index (χ1v) is 11.6. The molecule has 0 fully saturated rings. The van der Waals surface area contributed by atoms with Crippen LogP contribution < -0.4 is 5.49 Å². The van der Waals surface area contributed by atoms with Gasteiger partial charge < -0.3 is 9.13 Å². The molecule has 0 saturated carbocycles. The fraction of sp³-hybridized carbons (Fsp3) is 0.172. The Labute approximate surface area is 194 Å². The zero-order valence-electron chi connectivity index (χ0n) is 18.9. The quantitative estimate of drug-likeness (QED) is 0.313. The Kier molecular flexibility index (Phi) is 5.90. The van der Waals surface area contributed by atoms with Crippen molar-refractivity contribution in [3.63, 3.8) is 0 Å². The summed E-state index contributed by atoms with van der Waals surface area (Å²) in [5.74, 6) is 0. The van der Waals surface area contributed by atoms with Crippen LogP contribution in [-0.2, 0) is 13.1 Å². The molecule has 1 N–H and O–H groups in total. The molecule has 0 amide bonds. The number of hydrogen-bond donors (Lipinski definition) is 1. The lowest BCUT2D eigenvalue weighted by Gasteiger charge is -2.13. The summed E-state index contributed by atoms with van der Waals surface area (Å²) in [6, 6.07) is 31.4. The molecular weight excluding hydrogens is 404 g/mol. The average molecular weight is 433 g/mol. The molecule has 0 radical (unpaired) electrons. The van der Waals surface area contributed by atoms with E-state index in [9.17, 15) is 0 Å². The maximum absolute atomic E-state index is 9.17. The molecule has 0 aliphatic heterocycles. The lowest BCUT2D eigenvalue weighted by atomic mass is 9.99. The van der Waals surface area contributed by atoms with E-state index in [0.717, 1.165) is 52.8 Å². The molecule has 3 aromatic carbocycles. The number of aryl methyl sites for hydroxylation is 1. The van der Waals surface area contributed by atoms with Crippen molar-refractivity contribution >= 4 is 11.0 Å². The number of unbranched alkanes of at least 4 members (excludes halogenated alkanes) is 1. The fourth-order valence-corrected chi connectivity index (χ4v) is 4.49. The maximum Gasteiger partial charge on any atom is 0.146 e. The van der Waals surface area contributed by atoms with Gasteiger partial charge in [-0.15, -0.1) is 0 Å². The number of aromatic nitrogens is 3. The first-order valence-electron chi connectivity index (χ1n) is 11.6. The monoisotopic (exact) mass is 432 g/mol. The van der Waals surface area contributed by atoms with E-state index < -0.39 is 0 Å². The van der Waals surface area contributed by atoms with Crippen LogP contribution in [-0.4, -0.2) is 14.1 Å². The maximum atomic E-state index is 9.17. The third kappa shape index (κ3) is 4.00. The summed E-state index contributed by atoms with van der Waals surface area (Å²) in [4.78, 5) is 4.93. The Balaban J connectivity index is 1.87. The van der Waals surface area contributed by atoms with Gasteiger partial charge in [0.2, 0.25) is 0 Å². The van der Waals surface area contributed by atoms with Crippen LogP contribution in [0.2, 0.25) is 0 Å². The van der Waals surface area contributed by atoms with E-state index in [4.69, 9.17) is 10.4 Å². The van der Waals surface area contributed by atoms with Crippen LogP contribution in [0.5, 0.6) is 0 Å². The van der Waals surface area contributed by atoms with Crippen molar-refractivity contribution in [3.8, 4) is 22.4 Å². The van der Waals surface area contributed by atoms with Crippen molar-refractivity contribution < 1.29 is 0 Å². The van der Waals surface area contributed by atoms with Gasteiger partial charge in [-0.05, 0) is 23.1 Å². The Bertz CT molecular complexity index is 1420. The summed E-state index contributed by atoms with van der Waals surface area (Å²) in [5.41, 5.74) is 7.01. The number of nitrogens with zero attached hydrogens (tertiary/aromatic N) is 3. The zero-order chi connectivity index (χ0) is 22.6. The molecule has 0 aliphatic rings. The van der Waals surface area contributed by atoms with Gasteiger partial charge >= 0.3 is 0 Å². The van der Waals surface area contributed by atoms with Crippen molar-refractivity contribution in [2.75, 3.05) is 0 Å². The smallest absolute Gasteiger partial charge is 0.146 e. The molecule has 2 heterocycles. The van der Waals surface area contributed by atoms with E-state index in [0.29, 0.717) is 12.0 Å². The van der Waals surface area contributed by atoms with Crippen molar-refractivity contribution in [2.24, 2.45) is 0 Å². The Morgan fingerprint density at radius 3 is 2.03 bits per heavy atom. The van der Waals surface area contributed by atoms with Gasteiger partial charge in [-0.1, -0.05) is 104 Å². The van der Waals surface area contributed by atoms with Crippen molar-refractivity contribution in [1.29, 1.82) is 5.41 Å². The average Bonchev–Trinajstić information content (AvgIpc) is 3.20. The highest BCUT2D eigenvalue weighted by Gasteiger charge is 2.23. The first-order chi connectivity index (χ1) is 16.3. The summed E-state index contributed by atoms with van der Waals surface area (Å²) in [5, 5.41) is 10.1. The molecule has 33 heavy (non-hydrogen) atoms. The Morgan fingerprint density at radius 2 is 1.39 bits per heavy atom. The van der Waals surface area contributed by atoms with E-state index in [1.807, 2.05) is 29.1 Å². The number of nitrogens with one attached hydrogen (secondary N) is 1. The first kappa shape index (κ1) is 21.0. The molecule has 0 aliphatic carbocycles. The van der Waals surface area contributed by atoms with Gasteiger partial charge in [-0.2, -0.15) is 0 Å². The standard InChI is InChI=1S/C29H28N4/c1-2-3-19-32-21-31-29-26(28(32)30)25(23-15-9-5-10-16-23)27(24-17-11-6-12-18-24)33(29)20-22-13-7-4-8-14-22/h4-18,21,30H,2-3,19-20H2,1H3. The second-order valence-corrected chi connectivity index (χ2v) is 8.37. The number of fused-ring (bicyclic) bond motifs is 1. The molecule has 4 nitrogen and oxygen atoms in total. The normalized spacial score (nSPS) is 11.2. The number of benzene rings is 3. The number of hydrogen-bond acceptors (Lipinski definition) is 2. The molecule has 164 valence electrons. The highest BCUT2D eigenvalue weighted by atomic mass is 15.1. The summed E-state index contributed by atoms with van der Waals surface area (Å²) < 4.78 is 4.27. The molecule has 5 rings (SSSR count). The van der Waals surface area contributed by atoms with Crippen molar-refractivity contribution in [2.45, 2.75) is 32.9 Å². The summed E-state index contributed by atoms with van der Waals surface area (Å²) in [6.45, 7) is 3.67. The van der Waals surface area contributed by atoms with Gasteiger partial charge in [0.1, 0.15) is 11.1 Å². The lowest BCUT2D eigenvalue weighted by Crippen LogP contribution is -2.21. The minimum absolute atomic E-state index is 0.524. The van der Waals surface area contributed by atoms with Gasteiger partial charge in [0.25, 0.3) is 0 Å². The van der Waals surface area contributed by atoms with Crippen LogP contribution in [0.1, 0.15) is 25.3 Å². The third-order valence-corrected chi connectivity index (χ3v) is 6.13. The van der Waals surface area contributed by atoms with Crippen molar-refractivity contribution in [3.05, 3.63) is 108 Å². The van der Waals surface area contributed by atoms with E-state index >= 15 is 0 Å². The van der Waals surface area contributed by atoms with Crippen LogP contribution in [0.25, 0.3) is 33.4 Å². The lowest BCUT2D eigenvalue weighted by molar-refractivity contribution is 0.596. The molecular formula is C29H28N4. The minimum Gasteiger partial charge on any atom is -0.320 e. The largest absolute Gasteiger partial charge is 0.320 e. The Morgan fingerprint density at radius 1 is 0.788 bits per heavy atom. The predicted octanol–water partition coefficient (Wildman–Crippen LogP) is 6.50. The third-order valence-electron chi connectivity index (χ3n) is 6.13. The van der Waals surface area contributed by atoms with E-state index in [1.165, 1.54) is 5.56 Å². The van der Waals surface area contributed by atoms with Crippen molar-refractivity contribution in [1.82, 2.24) is 14.1 Å². The van der Waals surface area contributed by atoms with Crippen LogP contribution in [0, 0.1) is 5.41 Å².